The normalized spacial score (nSPS) is 19.3. The number of imide groups is 1. The minimum absolute atomic E-state index is 0.00577. The summed E-state index contributed by atoms with van der Waals surface area (Å²) in [5.41, 5.74) is 11.6. The van der Waals surface area contributed by atoms with E-state index in [4.69, 9.17) is 20.2 Å². The van der Waals surface area contributed by atoms with Crippen LogP contribution in [0.4, 0.5) is 0 Å². The van der Waals surface area contributed by atoms with Crippen molar-refractivity contribution in [3.63, 3.8) is 0 Å². The highest BCUT2D eigenvalue weighted by Crippen LogP contribution is 2.48. The fraction of sp³-hybridized carbons (Fsp3) is 0.380. The van der Waals surface area contributed by atoms with Gasteiger partial charge in [0.25, 0.3) is 11.8 Å². The molecule has 4 atom stereocenters. The molecule has 5 heterocycles. The van der Waals surface area contributed by atoms with Gasteiger partial charge in [-0.25, -0.2) is 14.6 Å². The van der Waals surface area contributed by atoms with Gasteiger partial charge in [0.15, 0.2) is 5.60 Å². The number of ether oxygens (including phenoxy) is 2. The number of nitrogens with two attached hydrogens (primary N) is 1. The first kappa shape index (κ1) is 51.2. The molecule has 1 aliphatic carbocycles. The van der Waals surface area contributed by atoms with Gasteiger partial charge in [-0.3, -0.25) is 43.3 Å². The van der Waals surface area contributed by atoms with E-state index in [-0.39, 0.29) is 37.3 Å². The third kappa shape index (κ3) is 10.5. The molecule has 0 unspecified atom stereocenters. The van der Waals surface area contributed by atoms with Crippen molar-refractivity contribution in [3.8, 4) is 0 Å². The maximum Gasteiger partial charge on any atom is 0.350 e. The zero-order chi connectivity index (χ0) is 52.3. The zero-order valence-electron chi connectivity index (χ0n) is 40.2. The lowest BCUT2D eigenvalue weighted by molar-refractivity contribution is -0.172. The maximum atomic E-state index is 13.5. The molecule has 5 aliphatic rings. The minimum Gasteiger partial charge on any atom is -0.387 e. The van der Waals surface area contributed by atoms with Crippen molar-refractivity contribution in [3.05, 3.63) is 105 Å². The molecule has 382 valence electrons. The predicted molar refractivity (Wildman–Crippen MR) is 256 cm³/mol. The van der Waals surface area contributed by atoms with Crippen LogP contribution in [-0.4, -0.2) is 143 Å². The van der Waals surface area contributed by atoms with Gasteiger partial charge in [-0.2, -0.15) is 0 Å². The molecular formula is C50H54N10O13. The summed E-state index contributed by atoms with van der Waals surface area (Å²) in [6.07, 6.45) is 4.85. The molecule has 1 aromatic heterocycles. The lowest BCUT2D eigenvalue weighted by atomic mass is 9.80. The number of hydrogen-bond donors (Lipinski definition) is 8. The van der Waals surface area contributed by atoms with Crippen molar-refractivity contribution in [2.75, 3.05) is 46.1 Å². The van der Waals surface area contributed by atoms with Crippen LogP contribution in [0, 0.1) is 13.8 Å². The van der Waals surface area contributed by atoms with Crippen molar-refractivity contribution in [1.82, 2.24) is 46.7 Å². The van der Waals surface area contributed by atoms with Gasteiger partial charge in [0.05, 0.1) is 54.7 Å². The Morgan fingerprint density at radius 2 is 1.58 bits per heavy atom. The molecule has 0 saturated heterocycles. The standard InChI is InChI=1S/C50H54N10O13/c1-4-50(71)31-16-35-45-30(22-59(35)21-29(31)48(69)73-49(50)70)44-32(11-10-28-26(3)25(2)14-33(58-45)43(28)44)56-40(64)23-72-24-55-38(62)19-53-46(67)34(15-27-8-6-5-7-9-27)57-39(63)20-52-37(61)18-54-47(68)36(17-51)60-41(65)12-13-42(60)66/h5-9,12-14,16,32,34,36,71H,4,10-11,15,17-24,51H2,1-3H3,(H,52,61)(H,53,67)(H,54,68)(H,55,62)(H,56,64)(H,57,63)/t32-,34-,36+,50-/m0/s1. The second-order valence-corrected chi connectivity index (χ2v) is 18.1. The summed E-state index contributed by atoms with van der Waals surface area (Å²) in [4.78, 5) is 135. The highest BCUT2D eigenvalue weighted by atomic mass is 16.6. The molecule has 3 aromatic rings. The van der Waals surface area contributed by atoms with E-state index in [1.165, 1.54) is 0 Å². The van der Waals surface area contributed by atoms with E-state index in [9.17, 15) is 53.1 Å². The summed E-state index contributed by atoms with van der Waals surface area (Å²) < 4.78 is 10.5. The Morgan fingerprint density at radius 1 is 0.890 bits per heavy atom. The summed E-state index contributed by atoms with van der Waals surface area (Å²) >= 11 is 0. The van der Waals surface area contributed by atoms with Crippen LogP contribution in [0.1, 0.15) is 64.9 Å². The third-order valence-corrected chi connectivity index (χ3v) is 13.6. The highest BCUT2D eigenvalue weighted by Gasteiger charge is 2.50. The van der Waals surface area contributed by atoms with E-state index in [1.54, 1.807) is 43.3 Å². The molecule has 73 heavy (non-hydrogen) atoms. The third-order valence-electron chi connectivity index (χ3n) is 13.6. The Morgan fingerprint density at radius 3 is 2.27 bits per heavy atom. The number of aryl methyl sites for hydroxylation is 2. The number of aromatic nitrogens is 1. The smallest absolute Gasteiger partial charge is 0.350 e. The lowest BCUT2D eigenvalue weighted by Crippen LogP contribution is -2.55. The molecule has 8 amide bonds. The number of cyclic esters (lactones) is 2. The number of esters is 2. The van der Waals surface area contributed by atoms with Crippen molar-refractivity contribution >= 4 is 75.8 Å². The zero-order valence-corrected chi connectivity index (χ0v) is 40.2. The van der Waals surface area contributed by atoms with Gasteiger partial charge in [0.2, 0.25) is 35.4 Å². The highest BCUT2D eigenvalue weighted by molar-refractivity contribution is 6.15. The Bertz CT molecular complexity index is 2950. The molecule has 0 spiro atoms. The average molecular weight is 1000 g/mol. The summed E-state index contributed by atoms with van der Waals surface area (Å²) in [6, 6.07) is 7.68. The van der Waals surface area contributed by atoms with Gasteiger partial charge < -0.3 is 57.1 Å². The molecular weight excluding hydrogens is 949 g/mol. The van der Waals surface area contributed by atoms with Crippen LogP contribution in [0.3, 0.4) is 0 Å². The molecule has 9 N–H and O–H groups in total. The van der Waals surface area contributed by atoms with Crippen molar-refractivity contribution < 1.29 is 62.5 Å². The van der Waals surface area contributed by atoms with Gasteiger partial charge >= 0.3 is 11.9 Å². The first-order chi connectivity index (χ1) is 34.9. The van der Waals surface area contributed by atoms with Crippen molar-refractivity contribution in [2.24, 2.45) is 5.73 Å². The molecule has 4 aliphatic heterocycles. The molecule has 23 heteroatoms. The molecule has 8 rings (SSSR count). The number of rotatable bonds is 19. The Labute approximate surface area is 417 Å². The number of fused-ring (bicyclic) bond motifs is 4. The van der Waals surface area contributed by atoms with E-state index in [2.05, 4.69) is 38.8 Å². The lowest BCUT2D eigenvalue weighted by Gasteiger charge is -2.36. The second-order valence-electron chi connectivity index (χ2n) is 18.1. The Hall–Kier alpha value is -8.15. The van der Waals surface area contributed by atoms with Gasteiger partial charge in [-0.1, -0.05) is 37.3 Å². The van der Waals surface area contributed by atoms with Gasteiger partial charge in [0.1, 0.15) is 25.4 Å². The molecule has 0 radical (unpaired) electrons. The van der Waals surface area contributed by atoms with Crippen LogP contribution in [0.2, 0.25) is 0 Å². The number of aliphatic hydroxyl groups is 1. The number of benzene rings is 2. The molecule has 0 fully saturated rings. The first-order valence-corrected chi connectivity index (χ1v) is 23.6. The molecule has 2 aromatic carbocycles. The number of carbonyl (C=O) groups is 10. The second kappa shape index (κ2) is 21.3. The minimum atomic E-state index is -2.00. The van der Waals surface area contributed by atoms with Crippen LogP contribution in [0.25, 0.3) is 16.6 Å². The van der Waals surface area contributed by atoms with E-state index in [0.717, 1.165) is 50.9 Å². The SMILES string of the molecule is CC[C@@]1(O)C(=O)OC(=O)C2=C1C=C1c3nc4cc(C)c(C)c5c4c(c3CN1C2)[C@@H](NC(=O)COCNC(=O)CNC(=O)[C@H](Cc1ccccc1)NC(=O)CNC(=O)CNC(=O)[C@@H](CN)N1C(=O)C=CC1=O)CC5. The van der Waals surface area contributed by atoms with E-state index in [1.807, 2.05) is 17.9 Å². The fourth-order valence-corrected chi connectivity index (χ4v) is 9.66. The van der Waals surface area contributed by atoms with E-state index in [0.29, 0.717) is 41.2 Å². The van der Waals surface area contributed by atoms with Crippen LogP contribution in [-0.2, 0) is 76.8 Å². The summed E-state index contributed by atoms with van der Waals surface area (Å²) in [7, 11) is 0. The summed E-state index contributed by atoms with van der Waals surface area (Å²) in [5, 5.41) is 27.5. The number of carbonyl (C=O) groups excluding carboxylic acids is 10. The molecule has 0 saturated carbocycles. The first-order valence-electron chi connectivity index (χ1n) is 23.6. The molecule has 0 bridgehead atoms. The number of pyridine rings is 1. The van der Waals surface area contributed by atoms with Crippen LogP contribution in [0.15, 0.2) is 65.8 Å². The van der Waals surface area contributed by atoms with Crippen molar-refractivity contribution in [2.45, 2.75) is 76.7 Å². The summed E-state index contributed by atoms with van der Waals surface area (Å²) in [6.45, 7) is 3.17. The number of nitrogens with one attached hydrogen (secondary N) is 6. The van der Waals surface area contributed by atoms with Gasteiger partial charge in [-0.05, 0) is 73.1 Å². The maximum absolute atomic E-state index is 13.5. The van der Waals surface area contributed by atoms with E-state index < -0.39 is 116 Å². The van der Waals surface area contributed by atoms with Gasteiger partial charge in [-0.15, -0.1) is 0 Å². The Balaban J connectivity index is 0.837. The topological polar surface area (TPSA) is 327 Å². The predicted octanol–water partition coefficient (Wildman–Crippen LogP) is -1.93. The number of hydrogen-bond acceptors (Lipinski definition) is 16. The van der Waals surface area contributed by atoms with Crippen LogP contribution < -0.4 is 37.6 Å². The van der Waals surface area contributed by atoms with Gasteiger partial charge in [0, 0.05) is 48.2 Å². The van der Waals surface area contributed by atoms with Crippen molar-refractivity contribution in [1.29, 1.82) is 0 Å². The largest absolute Gasteiger partial charge is 0.387 e. The number of amides is 8. The monoisotopic (exact) mass is 1000 g/mol. The van der Waals surface area contributed by atoms with E-state index >= 15 is 0 Å². The Kier molecular flexibility index (Phi) is 14.9. The molecule has 23 nitrogen and oxygen atoms in total. The fourth-order valence-electron chi connectivity index (χ4n) is 9.66. The summed E-state index contributed by atoms with van der Waals surface area (Å²) in [5.74, 6) is -7.57. The van der Waals surface area contributed by atoms with Crippen LogP contribution in [0.5, 0.6) is 0 Å². The number of nitrogens with zero attached hydrogens (tertiary/aromatic N) is 3. The quantitative estimate of drug-likeness (QED) is 0.0213. The van der Waals surface area contributed by atoms with Crippen LogP contribution >= 0.6 is 0 Å². The average Bonchev–Trinajstić information content (AvgIpc) is 3.91.